The van der Waals surface area contributed by atoms with Gasteiger partial charge in [-0.2, -0.15) is 0 Å². The maximum absolute atomic E-state index is 12.3. The van der Waals surface area contributed by atoms with Crippen molar-refractivity contribution in [2.24, 2.45) is 0 Å². The summed E-state index contributed by atoms with van der Waals surface area (Å²) in [5, 5.41) is 6.55. The highest BCUT2D eigenvalue weighted by Crippen LogP contribution is 2.22. The molecule has 4 heteroatoms. The van der Waals surface area contributed by atoms with Gasteiger partial charge in [0.1, 0.15) is 5.75 Å². The summed E-state index contributed by atoms with van der Waals surface area (Å²) in [6.45, 7) is 0. The molecule has 0 unspecified atom stereocenters. The molecule has 0 aliphatic heterocycles. The van der Waals surface area contributed by atoms with Crippen molar-refractivity contribution in [3.8, 4) is 5.75 Å². The van der Waals surface area contributed by atoms with Crippen LogP contribution in [0.1, 0.15) is 48.9 Å². The van der Waals surface area contributed by atoms with Crippen LogP contribution in [0.3, 0.4) is 0 Å². The molecular weight excluding hydrogens is 312 g/mol. The van der Waals surface area contributed by atoms with Crippen molar-refractivity contribution >= 4 is 17.3 Å². The van der Waals surface area contributed by atoms with E-state index in [2.05, 4.69) is 10.6 Å². The van der Waals surface area contributed by atoms with Gasteiger partial charge in [0.15, 0.2) is 0 Å². The summed E-state index contributed by atoms with van der Waals surface area (Å²) in [5.74, 6) is 0.541. The highest BCUT2D eigenvalue weighted by molar-refractivity contribution is 6.04. The Morgan fingerprint density at radius 1 is 0.960 bits per heavy atom. The van der Waals surface area contributed by atoms with Crippen LogP contribution in [0, 0.1) is 0 Å². The molecule has 25 heavy (non-hydrogen) atoms. The second kappa shape index (κ2) is 8.56. The molecule has 3 rings (SSSR count). The number of ether oxygens (including phenoxy) is 1. The number of carbonyl (C=O) groups excluding carboxylic acids is 1. The van der Waals surface area contributed by atoms with E-state index in [0.29, 0.717) is 17.4 Å². The fraction of sp³-hybridized carbons (Fsp3) is 0.381. The number of nitrogens with one attached hydrogen (secondary N) is 2. The molecule has 1 aliphatic carbocycles. The van der Waals surface area contributed by atoms with Crippen molar-refractivity contribution < 1.29 is 9.53 Å². The first kappa shape index (κ1) is 17.3. The van der Waals surface area contributed by atoms with E-state index in [1.165, 1.54) is 38.5 Å². The zero-order chi connectivity index (χ0) is 17.5. The zero-order valence-electron chi connectivity index (χ0n) is 14.8. The van der Waals surface area contributed by atoms with Gasteiger partial charge in [-0.15, -0.1) is 0 Å². The summed E-state index contributed by atoms with van der Waals surface area (Å²) in [5.41, 5.74) is 2.49. The van der Waals surface area contributed by atoms with E-state index in [-0.39, 0.29) is 5.91 Å². The van der Waals surface area contributed by atoms with Crippen LogP contribution in [0.15, 0.2) is 48.5 Å². The number of methoxy groups -OCH3 is 1. The molecule has 0 bridgehead atoms. The number of hydrogen-bond donors (Lipinski definition) is 2. The van der Waals surface area contributed by atoms with E-state index in [4.69, 9.17) is 4.74 Å². The van der Waals surface area contributed by atoms with Crippen LogP contribution in [0.2, 0.25) is 0 Å². The molecule has 0 radical (unpaired) electrons. The number of carbonyl (C=O) groups is 1. The van der Waals surface area contributed by atoms with E-state index < -0.39 is 0 Å². The van der Waals surface area contributed by atoms with Gasteiger partial charge in [0.25, 0.3) is 5.91 Å². The average molecular weight is 338 g/mol. The van der Waals surface area contributed by atoms with E-state index in [1.54, 1.807) is 19.2 Å². The Balaban J connectivity index is 1.59. The molecule has 1 fully saturated rings. The lowest BCUT2D eigenvalue weighted by Gasteiger charge is -2.18. The van der Waals surface area contributed by atoms with Gasteiger partial charge in [-0.25, -0.2) is 0 Å². The maximum Gasteiger partial charge on any atom is 0.255 e. The summed E-state index contributed by atoms with van der Waals surface area (Å²) in [6.07, 6.45) is 7.82. The van der Waals surface area contributed by atoms with E-state index >= 15 is 0 Å². The van der Waals surface area contributed by atoms with Gasteiger partial charge >= 0.3 is 0 Å². The van der Waals surface area contributed by atoms with Crippen molar-refractivity contribution in [3.05, 3.63) is 54.1 Å². The molecule has 1 saturated carbocycles. The lowest BCUT2D eigenvalue weighted by Crippen LogP contribution is -2.18. The summed E-state index contributed by atoms with van der Waals surface area (Å²) in [4.78, 5) is 12.3. The fourth-order valence-corrected chi connectivity index (χ4v) is 3.28. The predicted octanol–water partition coefficient (Wildman–Crippen LogP) is 5.08. The largest absolute Gasteiger partial charge is 0.497 e. The second-order valence-corrected chi connectivity index (χ2v) is 6.60. The summed E-state index contributed by atoms with van der Waals surface area (Å²) in [6, 6.07) is 15.7. The number of benzene rings is 2. The van der Waals surface area contributed by atoms with E-state index in [0.717, 1.165) is 11.4 Å². The maximum atomic E-state index is 12.3. The van der Waals surface area contributed by atoms with Gasteiger partial charge in [-0.3, -0.25) is 4.79 Å². The highest BCUT2D eigenvalue weighted by Gasteiger charge is 2.12. The molecule has 4 nitrogen and oxygen atoms in total. The molecule has 2 aromatic rings. The number of rotatable bonds is 5. The average Bonchev–Trinajstić information content (AvgIpc) is 2.92. The molecule has 0 aromatic heterocycles. The van der Waals surface area contributed by atoms with Crippen LogP contribution in [0.4, 0.5) is 11.4 Å². The van der Waals surface area contributed by atoms with E-state index in [9.17, 15) is 4.79 Å². The third-order valence-corrected chi connectivity index (χ3v) is 4.70. The third-order valence-electron chi connectivity index (χ3n) is 4.70. The fourth-order valence-electron chi connectivity index (χ4n) is 3.28. The van der Waals surface area contributed by atoms with Crippen molar-refractivity contribution in [1.29, 1.82) is 0 Å². The minimum atomic E-state index is -0.136. The lowest BCUT2D eigenvalue weighted by molar-refractivity contribution is 0.102. The van der Waals surface area contributed by atoms with Gasteiger partial charge in [0.2, 0.25) is 0 Å². The summed E-state index contributed by atoms with van der Waals surface area (Å²) in [7, 11) is 1.59. The molecule has 1 aliphatic rings. The van der Waals surface area contributed by atoms with Crippen LogP contribution < -0.4 is 15.4 Å². The normalized spacial score (nSPS) is 15.2. The van der Waals surface area contributed by atoms with Gasteiger partial charge in [0.05, 0.1) is 7.11 Å². The Bertz CT molecular complexity index is 689. The SMILES string of the molecule is COc1cccc(C(=O)Nc2ccc(NC3CCCCCC3)cc2)c1. The van der Waals surface area contributed by atoms with E-state index in [1.807, 2.05) is 36.4 Å². The number of anilines is 2. The Hall–Kier alpha value is -2.49. The summed E-state index contributed by atoms with van der Waals surface area (Å²) >= 11 is 0. The van der Waals surface area contributed by atoms with Gasteiger partial charge < -0.3 is 15.4 Å². The van der Waals surface area contributed by atoms with Gasteiger partial charge in [-0.05, 0) is 55.3 Å². The molecular formula is C21H26N2O2. The highest BCUT2D eigenvalue weighted by atomic mass is 16.5. The van der Waals surface area contributed by atoms with Crippen LogP contribution in [0.25, 0.3) is 0 Å². The molecule has 2 aromatic carbocycles. The van der Waals surface area contributed by atoms with Crippen LogP contribution >= 0.6 is 0 Å². The molecule has 0 heterocycles. The molecule has 0 spiro atoms. The Morgan fingerprint density at radius 2 is 1.64 bits per heavy atom. The Morgan fingerprint density at radius 3 is 2.32 bits per heavy atom. The number of hydrogen-bond acceptors (Lipinski definition) is 3. The molecule has 132 valence electrons. The number of amides is 1. The smallest absolute Gasteiger partial charge is 0.255 e. The van der Waals surface area contributed by atoms with Crippen molar-refractivity contribution in [2.45, 2.75) is 44.6 Å². The quantitative estimate of drug-likeness (QED) is 0.747. The van der Waals surface area contributed by atoms with Crippen LogP contribution in [-0.2, 0) is 0 Å². The monoisotopic (exact) mass is 338 g/mol. The Kier molecular flexibility index (Phi) is 5.94. The first-order chi connectivity index (χ1) is 12.2. The minimum absolute atomic E-state index is 0.136. The topological polar surface area (TPSA) is 50.4 Å². The molecule has 1 amide bonds. The Labute approximate surface area is 149 Å². The van der Waals surface area contributed by atoms with Crippen molar-refractivity contribution in [3.63, 3.8) is 0 Å². The lowest BCUT2D eigenvalue weighted by atomic mass is 10.1. The third kappa shape index (κ3) is 4.99. The zero-order valence-corrected chi connectivity index (χ0v) is 14.8. The van der Waals surface area contributed by atoms with Crippen molar-refractivity contribution in [1.82, 2.24) is 0 Å². The van der Waals surface area contributed by atoms with Gasteiger partial charge in [-0.1, -0.05) is 31.7 Å². The molecule has 0 saturated heterocycles. The van der Waals surface area contributed by atoms with Crippen LogP contribution in [0.5, 0.6) is 5.75 Å². The van der Waals surface area contributed by atoms with Crippen LogP contribution in [-0.4, -0.2) is 19.1 Å². The molecule has 0 atom stereocenters. The second-order valence-electron chi connectivity index (χ2n) is 6.60. The van der Waals surface area contributed by atoms with Crippen molar-refractivity contribution in [2.75, 3.05) is 17.7 Å². The minimum Gasteiger partial charge on any atom is -0.497 e. The van der Waals surface area contributed by atoms with Gasteiger partial charge in [0, 0.05) is 23.0 Å². The predicted molar refractivity (Wildman–Crippen MR) is 103 cm³/mol. The first-order valence-electron chi connectivity index (χ1n) is 9.06. The summed E-state index contributed by atoms with van der Waals surface area (Å²) < 4.78 is 5.16. The molecule has 2 N–H and O–H groups in total. The standard InChI is InChI=1S/C21H26N2O2/c1-25-20-10-6-7-16(15-20)21(24)23-19-13-11-18(12-14-19)22-17-8-4-2-3-5-9-17/h6-7,10-15,17,22H,2-5,8-9H2,1H3,(H,23,24). The first-order valence-corrected chi connectivity index (χ1v) is 9.06.